The van der Waals surface area contributed by atoms with E-state index in [2.05, 4.69) is 10.6 Å². The van der Waals surface area contributed by atoms with Crippen molar-refractivity contribution in [3.63, 3.8) is 0 Å². The molecule has 1 aliphatic rings. The fourth-order valence-corrected chi connectivity index (χ4v) is 5.50. The topological polar surface area (TPSA) is 58.2 Å². The Hall–Kier alpha value is -1.58. The van der Waals surface area contributed by atoms with Gasteiger partial charge in [-0.1, -0.05) is 23.2 Å². The molecule has 0 aromatic heterocycles. The summed E-state index contributed by atoms with van der Waals surface area (Å²) in [5.74, 6) is -2.41. The van der Waals surface area contributed by atoms with E-state index in [9.17, 15) is 14.0 Å². The standard InChI is InChI=1S/C23H14Cl4FIN2O2/c24-12-7-11(8-13(25)9-12)19-20(23(19,26)27)22(33)31-16-5-6-18(29)17(10-16)21(32)30-15-3-1-14(28)2-4-15/h1-10,19-20H,(H,30,32)(H,31,33). The average Bonchev–Trinajstić information content (AvgIpc) is 3.32. The summed E-state index contributed by atoms with van der Waals surface area (Å²) in [5.41, 5.74) is 1.86. The summed E-state index contributed by atoms with van der Waals surface area (Å²) < 4.78 is 12.5. The lowest BCUT2D eigenvalue weighted by Gasteiger charge is -2.10. The first-order chi connectivity index (χ1) is 15.6. The molecule has 3 aromatic rings. The molecule has 1 saturated carbocycles. The number of alkyl halides is 2. The highest BCUT2D eigenvalue weighted by atomic mass is 127. The number of carbonyl (C=O) groups is 2. The lowest BCUT2D eigenvalue weighted by Crippen LogP contribution is -2.18. The van der Waals surface area contributed by atoms with Crippen molar-refractivity contribution in [1.29, 1.82) is 0 Å². The predicted molar refractivity (Wildman–Crippen MR) is 139 cm³/mol. The van der Waals surface area contributed by atoms with Crippen molar-refractivity contribution >= 4 is 92.2 Å². The van der Waals surface area contributed by atoms with E-state index in [4.69, 9.17) is 46.4 Å². The van der Waals surface area contributed by atoms with Gasteiger partial charge in [0, 0.05) is 30.9 Å². The van der Waals surface area contributed by atoms with E-state index in [-0.39, 0.29) is 0 Å². The van der Waals surface area contributed by atoms with Crippen LogP contribution in [0.4, 0.5) is 15.8 Å². The smallest absolute Gasteiger partial charge is 0.256 e. The van der Waals surface area contributed by atoms with Gasteiger partial charge in [-0.05, 0) is 88.8 Å². The average molecular weight is 638 g/mol. The molecule has 3 aromatic carbocycles. The van der Waals surface area contributed by atoms with Crippen molar-refractivity contribution in [3.8, 4) is 0 Å². The molecule has 0 heterocycles. The minimum Gasteiger partial charge on any atom is -0.326 e. The van der Waals surface area contributed by atoms with Crippen LogP contribution in [0.2, 0.25) is 10.0 Å². The third-order valence-corrected chi connectivity index (χ3v) is 7.48. The van der Waals surface area contributed by atoms with Crippen molar-refractivity contribution in [1.82, 2.24) is 0 Å². The maximum atomic E-state index is 13.1. The van der Waals surface area contributed by atoms with Gasteiger partial charge >= 0.3 is 0 Å². The Morgan fingerprint density at radius 1 is 0.879 bits per heavy atom. The summed E-state index contributed by atoms with van der Waals surface area (Å²) >= 11 is 27.0. The zero-order chi connectivity index (χ0) is 23.9. The third kappa shape index (κ3) is 5.41. The van der Waals surface area contributed by atoms with Crippen LogP contribution in [-0.2, 0) is 4.79 Å². The largest absolute Gasteiger partial charge is 0.326 e. The number of rotatable bonds is 5. The number of anilines is 2. The molecular weight excluding hydrogens is 624 g/mol. The van der Waals surface area contributed by atoms with E-state index < -0.39 is 33.8 Å². The molecule has 2 N–H and O–H groups in total. The second-order valence-electron chi connectivity index (χ2n) is 7.48. The first kappa shape index (κ1) is 24.5. The summed E-state index contributed by atoms with van der Waals surface area (Å²) in [6.45, 7) is 0. The molecule has 2 amide bonds. The van der Waals surface area contributed by atoms with Crippen molar-refractivity contribution in [2.24, 2.45) is 5.92 Å². The van der Waals surface area contributed by atoms with E-state index in [1.54, 1.807) is 36.4 Å². The van der Waals surface area contributed by atoms with Gasteiger partial charge in [-0.3, -0.25) is 9.59 Å². The second-order valence-corrected chi connectivity index (χ2v) is 11.0. The van der Waals surface area contributed by atoms with Crippen LogP contribution < -0.4 is 10.6 Å². The van der Waals surface area contributed by atoms with E-state index in [1.165, 1.54) is 24.3 Å². The quantitative estimate of drug-likeness (QED) is 0.225. The second kappa shape index (κ2) is 9.58. The molecule has 0 radical (unpaired) electrons. The van der Waals surface area contributed by atoms with Gasteiger partial charge in [0.05, 0.1) is 11.5 Å². The molecule has 0 spiro atoms. The van der Waals surface area contributed by atoms with Crippen LogP contribution >= 0.6 is 69.0 Å². The number of hydrogen-bond donors (Lipinski definition) is 2. The maximum Gasteiger partial charge on any atom is 0.256 e. The molecule has 170 valence electrons. The Balaban J connectivity index is 1.50. The van der Waals surface area contributed by atoms with Gasteiger partial charge in [-0.2, -0.15) is 0 Å². The molecule has 2 unspecified atom stereocenters. The molecule has 0 aliphatic heterocycles. The third-order valence-electron chi connectivity index (χ3n) is 5.16. The van der Waals surface area contributed by atoms with Crippen LogP contribution in [0.15, 0.2) is 60.7 Å². The van der Waals surface area contributed by atoms with Crippen molar-refractivity contribution in [3.05, 3.63) is 91.2 Å². The van der Waals surface area contributed by atoms with Gasteiger partial charge in [0.1, 0.15) is 10.2 Å². The van der Waals surface area contributed by atoms with Gasteiger partial charge in [0.25, 0.3) is 5.91 Å². The molecule has 1 aliphatic carbocycles. The van der Waals surface area contributed by atoms with Crippen molar-refractivity contribution in [2.75, 3.05) is 10.6 Å². The Bertz CT molecular complexity index is 1230. The molecule has 10 heteroatoms. The number of amides is 2. The molecule has 2 atom stereocenters. The number of benzene rings is 3. The molecule has 1 fully saturated rings. The number of hydrogen-bond acceptors (Lipinski definition) is 2. The highest BCUT2D eigenvalue weighted by molar-refractivity contribution is 14.1. The zero-order valence-electron chi connectivity index (χ0n) is 16.5. The van der Waals surface area contributed by atoms with Gasteiger partial charge in [0.15, 0.2) is 0 Å². The Morgan fingerprint density at radius 2 is 1.48 bits per heavy atom. The maximum absolute atomic E-state index is 13.1. The molecule has 4 nitrogen and oxygen atoms in total. The van der Waals surface area contributed by atoms with Crippen LogP contribution in [-0.4, -0.2) is 16.1 Å². The molecule has 4 rings (SSSR count). The molecule has 0 saturated heterocycles. The van der Waals surface area contributed by atoms with Crippen LogP contribution in [0.5, 0.6) is 0 Å². The Morgan fingerprint density at radius 3 is 2.12 bits per heavy atom. The van der Waals surface area contributed by atoms with Crippen LogP contribution in [0.25, 0.3) is 0 Å². The lowest BCUT2D eigenvalue weighted by molar-refractivity contribution is -0.117. The van der Waals surface area contributed by atoms with Gasteiger partial charge in [-0.15, -0.1) is 23.2 Å². The summed E-state index contributed by atoms with van der Waals surface area (Å²) in [4.78, 5) is 25.7. The number of nitrogens with one attached hydrogen (secondary N) is 2. The SMILES string of the molecule is O=C(Nc1ccc(F)cc1)c1cc(NC(=O)C2C(c3cc(Cl)cc(Cl)c3)C2(Cl)Cl)ccc1I. The van der Waals surface area contributed by atoms with Crippen molar-refractivity contribution < 1.29 is 14.0 Å². The van der Waals surface area contributed by atoms with E-state index in [0.717, 1.165) is 0 Å². The van der Waals surface area contributed by atoms with Crippen LogP contribution in [0.3, 0.4) is 0 Å². The number of carbonyl (C=O) groups excluding carboxylic acids is 2. The summed E-state index contributed by atoms with van der Waals surface area (Å²) in [6.07, 6.45) is 0. The fraction of sp³-hybridized carbons (Fsp3) is 0.130. The normalized spacial score (nSPS) is 18.5. The zero-order valence-corrected chi connectivity index (χ0v) is 21.7. The Kier molecular flexibility index (Phi) is 7.13. The fourth-order valence-electron chi connectivity index (χ4n) is 3.55. The molecule has 33 heavy (non-hydrogen) atoms. The first-order valence-electron chi connectivity index (χ1n) is 9.57. The summed E-state index contributed by atoms with van der Waals surface area (Å²) in [6, 6.07) is 15.3. The van der Waals surface area contributed by atoms with Crippen molar-refractivity contribution in [2.45, 2.75) is 10.3 Å². The predicted octanol–water partition coefficient (Wildman–Crippen LogP) is 7.52. The minimum atomic E-state index is -1.32. The van der Waals surface area contributed by atoms with Gasteiger partial charge in [0.2, 0.25) is 5.91 Å². The van der Waals surface area contributed by atoms with E-state index in [0.29, 0.717) is 36.1 Å². The molecular formula is C23H14Cl4FIN2O2. The van der Waals surface area contributed by atoms with Crippen LogP contribution in [0.1, 0.15) is 21.8 Å². The highest BCUT2D eigenvalue weighted by Crippen LogP contribution is 2.65. The lowest BCUT2D eigenvalue weighted by atomic mass is 10.1. The molecule has 0 bridgehead atoms. The summed E-state index contributed by atoms with van der Waals surface area (Å²) in [5, 5.41) is 6.32. The van der Waals surface area contributed by atoms with E-state index in [1.807, 2.05) is 22.6 Å². The monoisotopic (exact) mass is 636 g/mol. The van der Waals surface area contributed by atoms with Crippen LogP contribution in [0, 0.1) is 15.3 Å². The summed E-state index contributed by atoms with van der Waals surface area (Å²) in [7, 11) is 0. The Labute approximate surface area is 222 Å². The first-order valence-corrected chi connectivity index (χ1v) is 12.2. The van der Waals surface area contributed by atoms with Gasteiger partial charge < -0.3 is 10.6 Å². The number of halogens is 6. The minimum absolute atomic E-state index is 0.342. The highest BCUT2D eigenvalue weighted by Gasteiger charge is 2.67. The van der Waals surface area contributed by atoms with E-state index >= 15 is 0 Å². The van der Waals surface area contributed by atoms with Gasteiger partial charge in [-0.25, -0.2) is 4.39 Å².